The molecular formula is C15H25FN2. The zero-order valence-electron chi connectivity index (χ0n) is 11.7. The first-order chi connectivity index (χ1) is 8.59. The maximum Gasteiger partial charge on any atom is 0.126 e. The van der Waals surface area contributed by atoms with Crippen LogP contribution in [0.5, 0.6) is 0 Å². The van der Waals surface area contributed by atoms with Crippen molar-refractivity contribution in [2.24, 2.45) is 0 Å². The molecule has 0 heterocycles. The summed E-state index contributed by atoms with van der Waals surface area (Å²) in [5.74, 6) is -0.0976. The van der Waals surface area contributed by atoms with E-state index in [1.807, 2.05) is 12.1 Å². The minimum absolute atomic E-state index is 0.0976. The first-order valence-corrected chi connectivity index (χ1v) is 6.71. The quantitative estimate of drug-likeness (QED) is 0.765. The normalized spacial score (nSPS) is 12.9. The Bertz CT molecular complexity index is 339. The van der Waals surface area contributed by atoms with Crippen molar-refractivity contribution in [1.29, 1.82) is 0 Å². The second kappa shape index (κ2) is 8.22. The van der Waals surface area contributed by atoms with Crippen LogP contribution in [0.3, 0.4) is 0 Å². The van der Waals surface area contributed by atoms with Gasteiger partial charge < -0.3 is 10.2 Å². The first-order valence-electron chi connectivity index (χ1n) is 6.71. The lowest BCUT2D eigenvalue weighted by atomic mass is 10.1. The van der Waals surface area contributed by atoms with Gasteiger partial charge in [-0.2, -0.15) is 0 Å². The second-order valence-corrected chi connectivity index (χ2v) is 5.14. The van der Waals surface area contributed by atoms with Gasteiger partial charge in [-0.25, -0.2) is 4.39 Å². The van der Waals surface area contributed by atoms with E-state index in [9.17, 15) is 4.39 Å². The number of nitrogens with one attached hydrogen (secondary N) is 1. The van der Waals surface area contributed by atoms with Crippen molar-refractivity contribution >= 4 is 0 Å². The van der Waals surface area contributed by atoms with Crippen LogP contribution in [0.1, 0.15) is 25.3 Å². The SMILES string of the molecule is CC(CCCN(C)C)NCCc1ccccc1F. The summed E-state index contributed by atoms with van der Waals surface area (Å²) in [6.45, 7) is 4.15. The number of hydrogen-bond donors (Lipinski definition) is 1. The fraction of sp³-hybridized carbons (Fsp3) is 0.600. The molecule has 0 bridgehead atoms. The summed E-state index contributed by atoms with van der Waals surface area (Å²) < 4.78 is 13.4. The largest absolute Gasteiger partial charge is 0.314 e. The molecule has 0 aliphatic carbocycles. The number of nitrogens with zero attached hydrogens (tertiary/aromatic N) is 1. The molecule has 0 saturated heterocycles. The average molecular weight is 252 g/mol. The van der Waals surface area contributed by atoms with Crippen LogP contribution in [0.2, 0.25) is 0 Å². The Balaban J connectivity index is 2.15. The molecule has 0 radical (unpaired) electrons. The molecular weight excluding hydrogens is 227 g/mol. The van der Waals surface area contributed by atoms with Crippen molar-refractivity contribution in [2.75, 3.05) is 27.2 Å². The number of rotatable bonds is 8. The number of benzene rings is 1. The van der Waals surface area contributed by atoms with Gasteiger partial charge in [-0.3, -0.25) is 0 Å². The molecule has 1 aromatic rings. The highest BCUT2D eigenvalue weighted by Gasteiger charge is 2.03. The first kappa shape index (κ1) is 15.1. The van der Waals surface area contributed by atoms with Crippen LogP contribution >= 0.6 is 0 Å². The van der Waals surface area contributed by atoms with E-state index in [4.69, 9.17) is 0 Å². The Morgan fingerprint density at radius 3 is 2.67 bits per heavy atom. The fourth-order valence-electron chi connectivity index (χ4n) is 1.97. The second-order valence-electron chi connectivity index (χ2n) is 5.14. The van der Waals surface area contributed by atoms with Gasteiger partial charge in [0.2, 0.25) is 0 Å². The van der Waals surface area contributed by atoms with E-state index in [0.717, 1.165) is 31.5 Å². The minimum atomic E-state index is -0.0976. The predicted octanol–water partition coefficient (Wildman–Crippen LogP) is 2.69. The molecule has 0 amide bonds. The third-order valence-corrected chi connectivity index (χ3v) is 3.09. The van der Waals surface area contributed by atoms with Gasteiger partial charge in [-0.05, 0) is 65.0 Å². The van der Waals surface area contributed by atoms with Crippen LogP contribution in [-0.2, 0) is 6.42 Å². The molecule has 0 aliphatic rings. The van der Waals surface area contributed by atoms with Crippen LogP contribution in [0.25, 0.3) is 0 Å². The van der Waals surface area contributed by atoms with E-state index in [0.29, 0.717) is 6.04 Å². The summed E-state index contributed by atoms with van der Waals surface area (Å²) in [7, 11) is 4.19. The monoisotopic (exact) mass is 252 g/mol. The highest BCUT2D eigenvalue weighted by Crippen LogP contribution is 2.06. The Morgan fingerprint density at radius 2 is 2.00 bits per heavy atom. The summed E-state index contributed by atoms with van der Waals surface area (Å²) in [5.41, 5.74) is 0.797. The topological polar surface area (TPSA) is 15.3 Å². The van der Waals surface area contributed by atoms with Crippen molar-refractivity contribution in [1.82, 2.24) is 10.2 Å². The molecule has 3 heteroatoms. The highest BCUT2D eigenvalue weighted by atomic mass is 19.1. The van der Waals surface area contributed by atoms with Gasteiger partial charge in [-0.1, -0.05) is 18.2 Å². The van der Waals surface area contributed by atoms with Crippen molar-refractivity contribution in [2.45, 2.75) is 32.2 Å². The zero-order valence-corrected chi connectivity index (χ0v) is 11.7. The smallest absolute Gasteiger partial charge is 0.126 e. The summed E-state index contributed by atoms with van der Waals surface area (Å²) in [6.07, 6.45) is 3.11. The maximum absolute atomic E-state index is 13.4. The maximum atomic E-state index is 13.4. The predicted molar refractivity (Wildman–Crippen MR) is 75.4 cm³/mol. The molecule has 0 saturated carbocycles. The van der Waals surface area contributed by atoms with Gasteiger partial charge in [0.1, 0.15) is 5.82 Å². The molecule has 0 aromatic heterocycles. The van der Waals surface area contributed by atoms with Crippen molar-refractivity contribution in [3.63, 3.8) is 0 Å². The zero-order chi connectivity index (χ0) is 13.4. The van der Waals surface area contributed by atoms with E-state index in [1.54, 1.807) is 6.07 Å². The molecule has 1 unspecified atom stereocenters. The summed E-state index contributed by atoms with van der Waals surface area (Å²) in [5, 5.41) is 3.45. The van der Waals surface area contributed by atoms with Crippen molar-refractivity contribution in [3.05, 3.63) is 35.6 Å². The molecule has 0 fully saturated rings. The Kier molecular flexibility index (Phi) is 6.91. The molecule has 2 nitrogen and oxygen atoms in total. The van der Waals surface area contributed by atoms with Gasteiger partial charge in [0.25, 0.3) is 0 Å². The molecule has 1 rings (SSSR count). The number of halogens is 1. The van der Waals surface area contributed by atoms with E-state index < -0.39 is 0 Å². The lowest BCUT2D eigenvalue weighted by Gasteiger charge is -2.15. The summed E-state index contributed by atoms with van der Waals surface area (Å²) in [4.78, 5) is 2.20. The molecule has 0 aliphatic heterocycles. The molecule has 1 N–H and O–H groups in total. The molecule has 1 aromatic carbocycles. The van der Waals surface area contributed by atoms with E-state index >= 15 is 0 Å². The van der Waals surface area contributed by atoms with Gasteiger partial charge in [-0.15, -0.1) is 0 Å². The van der Waals surface area contributed by atoms with E-state index in [2.05, 4.69) is 31.2 Å². The summed E-state index contributed by atoms with van der Waals surface area (Å²) in [6, 6.07) is 7.50. The van der Waals surface area contributed by atoms with Gasteiger partial charge >= 0.3 is 0 Å². The molecule has 102 valence electrons. The minimum Gasteiger partial charge on any atom is -0.314 e. The molecule has 0 spiro atoms. The Morgan fingerprint density at radius 1 is 1.28 bits per heavy atom. The fourth-order valence-corrected chi connectivity index (χ4v) is 1.97. The van der Waals surface area contributed by atoms with Gasteiger partial charge in [0, 0.05) is 6.04 Å². The van der Waals surface area contributed by atoms with E-state index in [1.165, 1.54) is 12.5 Å². The number of hydrogen-bond acceptors (Lipinski definition) is 2. The third kappa shape index (κ3) is 6.12. The van der Waals surface area contributed by atoms with Crippen molar-refractivity contribution in [3.8, 4) is 0 Å². The van der Waals surface area contributed by atoms with Crippen LogP contribution < -0.4 is 5.32 Å². The standard InChI is InChI=1S/C15H25FN2/c1-13(7-6-12-18(2)3)17-11-10-14-8-4-5-9-15(14)16/h4-5,8-9,13,17H,6-7,10-12H2,1-3H3. The Labute approximate surface area is 110 Å². The molecule has 18 heavy (non-hydrogen) atoms. The third-order valence-electron chi connectivity index (χ3n) is 3.09. The van der Waals surface area contributed by atoms with Gasteiger partial charge in [0.15, 0.2) is 0 Å². The molecule has 1 atom stereocenters. The lowest BCUT2D eigenvalue weighted by molar-refractivity contribution is 0.376. The van der Waals surface area contributed by atoms with Gasteiger partial charge in [0.05, 0.1) is 0 Å². The summed E-state index contributed by atoms with van der Waals surface area (Å²) >= 11 is 0. The Hall–Kier alpha value is -0.930. The highest BCUT2D eigenvalue weighted by molar-refractivity contribution is 5.17. The van der Waals surface area contributed by atoms with Crippen LogP contribution in [0.4, 0.5) is 4.39 Å². The average Bonchev–Trinajstić information content (AvgIpc) is 2.31. The van der Waals surface area contributed by atoms with E-state index in [-0.39, 0.29) is 5.82 Å². The lowest BCUT2D eigenvalue weighted by Crippen LogP contribution is -2.29. The van der Waals surface area contributed by atoms with Crippen LogP contribution in [0.15, 0.2) is 24.3 Å². The van der Waals surface area contributed by atoms with Crippen LogP contribution in [-0.4, -0.2) is 38.1 Å². The van der Waals surface area contributed by atoms with Crippen molar-refractivity contribution < 1.29 is 4.39 Å². The van der Waals surface area contributed by atoms with Crippen LogP contribution in [0, 0.1) is 5.82 Å².